The van der Waals surface area contributed by atoms with E-state index in [1.54, 1.807) is 24.3 Å². The number of nitrogens with one attached hydrogen (secondary N) is 1. The molecule has 37 heavy (non-hydrogen) atoms. The number of thiophene rings is 1. The summed E-state index contributed by atoms with van der Waals surface area (Å²) < 4.78 is 0. The van der Waals surface area contributed by atoms with Crippen molar-refractivity contribution >= 4 is 40.6 Å². The molecule has 3 heterocycles. The van der Waals surface area contributed by atoms with E-state index in [0.29, 0.717) is 35.5 Å². The van der Waals surface area contributed by atoms with Gasteiger partial charge in [0.15, 0.2) is 0 Å². The van der Waals surface area contributed by atoms with Crippen molar-refractivity contribution in [3.63, 3.8) is 0 Å². The number of rotatable bonds is 10. The first-order valence-corrected chi connectivity index (χ1v) is 13.7. The maximum Gasteiger partial charge on any atom is 0.328 e. The van der Waals surface area contributed by atoms with Crippen LogP contribution in [-0.4, -0.2) is 64.2 Å². The predicted octanol–water partition coefficient (Wildman–Crippen LogP) is 2.29. The van der Waals surface area contributed by atoms with E-state index in [4.69, 9.17) is 22.9 Å². The Morgan fingerprint density at radius 2 is 2.11 bits per heavy atom. The molecule has 3 rings (SSSR count). The second-order valence-corrected chi connectivity index (χ2v) is 10.6. The lowest BCUT2D eigenvalue weighted by Crippen LogP contribution is -2.50. The zero-order valence-electron chi connectivity index (χ0n) is 21.6. The molecule has 0 bridgehead atoms. The number of nitrogens with zero attached hydrogens (tertiary/aromatic N) is 5. The summed E-state index contributed by atoms with van der Waals surface area (Å²) in [4.78, 5) is 34.3. The molecule has 1 fully saturated rings. The number of pyridine rings is 1. The monoisotopic (exact) mass is 547 g/mol. The fraction of sp³-hybridized carbons (Fsp3) is 0.520. The van der Waals surface area contributed by atoms with Gasteiger partial charge in [0.1, 0.15) is 11.6 Å². The Morgan fingerprint density at radius 1 is 1.38 bits per heavy atom. The summed E-state index contributed by atoms with van der Waals surface area (Å²) in [6.45, 7) is 8.68. The molecule has 5 N–H and O–H groups in total. The van der Waals surface area contributed by atoms with Crippen molar-refractivity contribution in [1.29, 1.82) is 0 Å². The first-order valence-electron chi connectivity index (χ1n) is 12.4. The lowest BCUT2D eigenvalue weighted by Gasteiger charge is -2.40. The largest absolute Gasteiger partial charge is 0.352 e. The third-order valence-corrected chi connectivity index (χ3v) is 7.70. The number of aryl methyl sites for hydroxylation is 2. The average Bonchev–Trinajstić information content (AvgIpc) is 3.35. The Hall–Kier alpha value is -2.89. The zero-order valence-corrected chi connectivity index (χ0v) is 23.2. The minimum Gasteiger partial charge on any atom is -0.352 e. The van der Waals surface area contributed by atoms with Crippen molar-refractivity contribution in [2.75, 3.05) is 19.6 Å². The summed E-state index contributed by atoms with van der Waals surface area (Å²) in [5, 5.41) is 20.1. The number of likely N-dealkylation sites (tertiary alicyclic amines) is 1. The summed E-state index contributed by atoms with van der Waals surface area (Å²) in [6, 6.07) is 4.15. The Morgan fingerprint density at radius 3 is 2.73 bits per heavy atom. The first kappa shape index (κ1) is 28.7. The average molecular weight is 548 g/mol. The minimum absolute atomic E-state index is 0.0107. The van der Waals surface area contributed by atoms with Crippen LogP contribution in [0.1, 0.15) is 59.8 Å². The van der Waals surface area contributed by atoms with Gasteiger partial charge in [0.2, 0.25) is 5.91 Å². The van der Waals surface area contributed by atoms with E-state index in [0.717, 1.165) is 43.5 Å². The van der Waals surface area contributed by atoms with E-state index in [-0.39, 0.29) is 30.1 Å². The van der Waals surface area contributed by atoms with Crippen LogP contribution in [0.15, 0.2) is 33.2 Å². The Kier molecular flexibility index (Phi) is 10.5. The van der Waals surface area contributed by atoms with Gasteiger partial charge < -0.3 is 15.1 Å². The van der Waals surface area contributed by atoms with E-state index in [1.807, 2.05) is 23.3 Å². The highest BCUT2D eigenvalue weighted by Crippen LogP contribution is 2.23. The number of hydrogen-bond donors (Lipinski definition) is 3. The van der Waals surface area contributed by atoms with Gasteiger partial charge in [-0.2, -0.15) is 11.3 Å². The van der Waals surface area contributed by atoms with Crippen LogP contribution in [0.3, 0.4) is 0 Å². The number of carbonyl (C=O) groups is 2. The Bertz CT molecular complexity index is 1090. The molecule has 0 saturated carbocycles. The van der Waals surface area contributed by atoms with Crippen LogP contribution in [0, 0.1) is 13.8 Å². The SMILES string of the molecule is Cc1cc(Cl)nc(C)c1C(=O)NCC[C@@H](C)N1CCC(N(Cc2ccsc2)C(=O)CC(=[NH2+])N=NN)CC1. The molecule has 200 valence electrons. The third-order valence-electron chi connectivity index (χ3n) is 6.78. The first-order chi connectivity index (χ1) is 17.7. The summed E-state index contributed by atoms with van der Waals surface area (Å²) in [5.74, 6) is 4.98. The summed E-state index contributed by atoms with van der Waals surface area (Å²) in [6.07, 6.45) is 2.53. The molecular formula is C25H36ClN8O2S+. The number of aromatic nitrogens is 1. The summed E-state index contributed by atoms with van der Waals surface area (Å²) in [7, 11) is 0. The topological polar surface area (TPSA) is 142 Å². The molecule has 1 saturated heterocycles. The number of carbonyl (C=O) groups excluding carboxylic acids is 2. The second kappa shape index (κ2) is 13.6. The number of amides is 2. The number of halogens is 1. The maximum absolute atomic E-state index is 13.1. The van der Waals surface area contributed by atoms with Crippen LogP contribution >= 0.6 is 22.9 Å². The molecule has 1 atom stereocenters. The zero-order chi connectivity index (χ0) is 26.9. The Labute approximate surface area is 226 Å². The predicted molar refractivity (Wildman–Crippen MR) is 145 cm³/mol. The molecule has 2 amide bonds. The fourth-order valence-electron chi connectivity index (χ4n) is 4.80. The van der Waals surface area contributed by atoms with Gasteiger partial charge in [-0.25, -0.2) is 4.98 Å². The van der Waals surface area contributed by atoms with Crippen molar-refractivity contribution in [3.05, 3.63) is 50.4 Å². The minimum atomic E-state index is -0.127. The highest BCUT2D eigenvalue weighted by Gasteiger charge is 2.31. The van der Waals surface area contributed by atoms with Gasteiger partial charge in [-0.1, -0.05) is 11.6 Å². The summed E-state index contributed by atoms with van der Waals surface area (Å²) in [5.41, 5.74) is 3.13. The van der Waals surface area contributed by atoms with E-state index in [1.165, 1.54) is 0 Å². The van der Waals surface area contributed by atoms with Gasteiger partial charge >= 0.3 is 5.84 Å². The van der Waals surface area contributed by atoms with Gasteiger partial charge in [0, 0.05) is 43.5 Å². The van der Waals surface area contributed by atoms with Crippen molar-refractivity contribution < 1.29 is 15.0 Å². The molecule has 0 radical (unpaired) electrons. The number of hydrogen-bond acceptors (Lipinski definition) is 6. The number of piperidine rings is 1. The maximum atomic E-state index is 13.1. The highest BCUT2D eigenvalue weighted by molar-refractivity contribution is 7.07. The molecule has 10 nitrogen and oxygen atoms in total. The van der Waals surface area contributed by atoms with Crippen LogP contribution < -0.4 is 16.6 Å². The normalized spacial score (nSPS) is 15.6. The van der Waals surface area contributed by atoms with Crippen molar-refractivity contribution in [2.24, 2.45) is 16.2 Å². The van der Waals surface area contributed by atoms with Gasteiger partial charge in [-0.3, -0.25) is 20.8 Å². The van der Waals surface area contributed by atoms with Gasteiger partial charge in [0.05, 0.1) is 16.4 Å². The standard InChI is InChI=1S/C25H35ClN8O2S/c1-16-12-21(26)30-18(3)24(16)25(36)29-8-4-17(2)33-9-5-20(6-10-33)34(14-19-7-11-37-15-19)23(35)13-22(27)31-32-28/h7,11-12,15,17,20H,4-6,8-10,13-14H2,1-3H3,(H,29,36)(H3,27,28,31)/p+1/t17-/m1/s1. The van der Waals surface area contributed by atoms with Crippen LogP contribution in [-0.2, 0) is 11.3 Å². The fourth-order valence-corrected chi connectivity index (χ4v) is 5.75. The van der Waals surface area contributed by atoms with E-state index in [2.05, 4.69) is 37.8 Å². The van der Waals surface area contributed by atoms with Crippen LogP contribution in [0.4, 0.5) is 0 Å². The van der Waals surface area contributed by atoms with E-state index < -0.39 is 0 Å². The van der Waals surface area contributed by atoms with E-state index in [9.17, 15) is 9.59 Å². The van der Waals surface area contributed by atoms with Crippen LogP contribution in [0.5, 0.6) is 0 Å². The molecule has 0 unspecified atom stereocenters. The quantitative estimate of drug-likeness (QED) is 0.104. The molecule has 0 aliphatic carbocycles. The molecule has 2 aromatic rings. The summed E-state index contributed by atoms with van der Waals surface area (Å²) >= 11 is 7.60. The van der Waals surface area contributed by atoms with Crippen molar-refractivity contribution in [2.45, 2.75) is 65.1 Å². The number of amidine groups is 1. The molecule has 2 aromatic heterocycles. The second-order valence-electron chi connectivity index (χ2n) is 9.42. The number of nitrogens with two attached hydrogens (primary N) is 2. The molecule has 12 heteroatoms. The molecule has 0 spiro atoms. The van der Waals surface area contributed by atoms with Gasteiger partial charge in [-0.05, 0) is 74.1 Å². The smallest absolute Gasteiger partial charge is 0.328 e. The highest BCUT2D eigenvalue weighted by atomic mass is 35.5. The van der Waals surface area contributed by atoms with Gasteiger partial charge in [-0.15, -0.1) is 0 Å². The van der Waals surface area contributed by atoms with Crippen molar-refractivity contribution in [1.82, 2.24) is 20.1 Å². The lowest BCUT2D eigenvalue weighted by atomic mass is 9.99. The molecule has 1 aliphatic heterocycles. The Balaban J connectivity index is 1.52. The van der Waals surface area contributed by atoms with Gasteiger partial charge in [0.25, 0.3) is 5.91 Å². The van der Waals surface area contributed by atoms with E-state index >= 15 is 0 Å². The van der Waals surface area contributed by atoms with Crippen LogP contribution in [0.25, 0.3) is 0 Å². The van der Waals surface area contributed by atoms with Crippen LogP contribution in [0.2, 0.25) is 5.15 Å². The lowest BCUT2D eigenvalue weighted by molar-refractivity contribution is -0.138. The molecule has 1 aliphatic rings. The molecular weight excluding hydrogens is 512 g/mol. The third kappa shape index (κ3) is 8.05. The van der Waals surface area contributed by atoms with Crippen molar-refractivity contribution in [3.8, 4) is 0 Å². The molecule has 0 aromatic carbocycles.